The molecule has 0 bridgehead atoms. The Kier molecular flexibility index (Phi) is 10.3. The second kappa shape index (κ2) is 14.3. The number of nitrogens with zero attached hydrogens (tertiary/aromatic N) is 1. The Morgan fingerprint density at radius 2 is 1.36 bits per heavy atom. The third-order valence-corrected chi connectivity index (χ3v) is 7.49. The highest BCUT2D eigenvalue weighted by molar-refractivity contribution is 6.02. The van der Waals surface area contributed by atoms with E-state index in [0.29, 0.717) is 38.6 Å². The molecule has 204 valence electrons. The Morgan fingerprint density at radius 3 is 1.95 bits per heavy atom. The van der Waals surface area contributed by atoms with Crippen molar-refractivity contribution in [2.75, 3.05) is 18.6 Å². The van der Waals surface area contributed by atoms with Crippen LogP contribution in [0.5, 0.6) is 0 Å². The minimum Gasteiger partial charge on any atom is -0.469 e. The van der Waals surface area contributed by atoms with Gasteiger partial charge in [-0.15, -0.1) is 0 Å². The number of nitrogens with one attached hydrogen (secondary N) is 1. The van der Waals surface area contributed by atoms with Crippen LogP contribution >= 0.6 is 0 Å². The zero-order chi connectivity index (χ0) is 27.5. The number of methoxy groups -OCH3 is 1. The van der Waals surface area contributed by atoms with E-state index in [9.17, 15) is 14.4 Å². The van der Waals surface area contributed by atoms with E-state index in [4.69, 9.17) is 4.74 Å². The molecule has 1 N–H and O–H groups in total. The lowest BCUT2D eigenvalue weighted by atomic mass is 9.86. The van der Waals surface area contributed by atoms with Crippen molar-refractivity contribution in [3.05, 3.63) is 102 Å². The van der Waals surface area contributed by atoms with Crippen LogP contribution in [0.15, 0.2) is 91.0 Å². The predicted molar refractivity (Wildman–Crippen MR) is 153 cm³/mol. The lowest BCUT2D eigenvalue weighted by molar-refractivity contribution is -0.146. The van der Waals surface area contributed by atoms with E-state index in [1.807, 2.05) is 91.0 Å². The van der Waals surface area contributed by atoms with Crippen LogP contribution in [-0.4, -0.2) is 37.5 Å². The molecule has 1 saturated heterocycles. The standard InChI is InChI=1S/C33H38N2O4/c1-39-33(38)28(24-26-15-7-3-8-16-26)21-20-27(23-25-13-5-2-6-14-25)32(37)35(29-17-9-4-10-18-29)30-19-11-12-22-34-31(30)36/h2-10,13-18,27-28,30H,11-12,19-24H2,1H3,(H,34,36)/t27-,28-,30-/m1/s1. The summed E-state index contributed by atoms with van der Waals surface area (Å²) in [6.07, 6.45) is 4.45. The Bertz CT molecular complexity index is 1200. The number of hydrogen-bond acceptors (Lipinski definition) is 4. The molecule has 1 aliphatic heterocycles. The molecule has 3 atom stereocenters. The van der Waals surface area contributed by atoms with E-state index in [0.717, 1.165) is 29.7 Å². The highest BCUT2D eigenvalue weighted by Crippen LogP contribution is 2.29. The van der Waals surface area contributed by atoms with Crippen molar-refractivity contribution in [2.45, 2.75) is 51.0 Å². The number of carbonyl (C=O) groups is 3. The van der Waals surface area contributed by atoms with Gasteiger partial charge in [0, 0.05) is 18.2 Å². The van der Waals surface area contributed by atoms with Crippen LogP contribution in [0, 0.1) is 11.8 Å². The zero-order valence-electron chi connectivity index (χ0n) is 22.6. The maximum absolute atomic E-state index is 14.4. The molecule has 2 amide bonds. The third kappa shape index (κ3) is 7.79. The first kappa shape index (κ1) is 28.1. The number of ether oxygens (including phenoxy) is 1. The average molecular weight is 527 g/mol. The molecular formula is C33H38N2O4. The summed E-state index contributed by atoms with van der Waals surface area (Å²) >= 11 is 0. The van der Waals surface area contributed by atoms with Gasteiger partial charge in [-0.05, 0) is 68.2 Å². The van der Waals surface area contributed by atoms with Gasteiger partial charge in [-0.1, -0.05) is 78.9 Å². The summed E-state index contributed by atoms with van der Waals surface area (Å²) in [4.78, 5) is 42.1. The molecule has 39 heavy (non-hydrogen) atoms. The summed E-state index contributed by atoms with van der Waals surface area (Å²) in [7, 11) is 1.41. The number of hydrogen-bond donors (Lipinski definition) is 1. The normalized spacial score (nSPS) is 16.8. The molecule has 4 rings (SSSR count). The van der Waals surface area contributed by atoms with Crippen molar-refractivity contribution in [3.8, 4) is 0 Å². The number of amides is 2. The highest BCUT2D eigenvalue weighted by Gasteiger charge is 2.36. The summed E-state index contributed by atoms with van der Waals surface area (Å²) in [6.45, 7) is 0.625. The second-order valence-corrected chi connectivity index (χ2v) is 10.2. The van der Waals surface area contributed by atoms with Crippen molar-refractivity contribution >= 4 is 23.5 Å². The van der Waals surface area contributed by atoms with Crippen LogP contribution in [0.3, 0.4) is 0 Å². The van der Waals surface area contributed by atoms with Crippen LogP contribution in [0.4, 0.5) is 5.69 Å². The number of rotatable bonds is 11. The summed E-state index contributed by atoms with van der Waals surface area (Å²) in [5.74, 6) is -1.25. The van der Waals surface area contributed by atoms with Crippen LogP contribution < -0.4 is 10.2 Å². The smallest absolute Gasteiger partial charge is 0.308 e. The molecule has 3 aromatic carbocycles. The summed E-state index contributed by atoms with van der Waals surface area (Å²) in [5.41, 5.74) is 2.82. The van der Waals surface area contributed by atoms with Crippen LogP contribution in [0.25, 0.3) is 0 Å². The summed E-state index contributed by atoms with van der Waals surface area (Å²) in [5, 5.41) is 2.99. The number of carbonyl (C=O) groups excluding carboxylic acids is 3. The molecule has 0 radical (unpaired) electrons. The van der Waals surface area contributed by atoms with E-state index in [1.54, 1.807) is 4.90 Å². The predicted octanol–water partition coefficient (Wildman–Crippen LogP) is 5.36. The van der Waals surface area contributed by atoms with Gasteiger partial charge in [0.2, 0.25) is 11.8 Å². The molecule has 1 fully saturated rings. The van der Waals surface area contributed by atoms with E-state index >= 15 is 0 Å². The second-order valence-electron chi connectivity index (χ2n) is 10.2. The van der Waals surface area contributed by atoms with Crippen molar-refractivity contribution < 1.29 is 19.1 Å². The fourth-order valence-electron chi connectivity index (χ4n) is 5.40. The molecule has 1 aliphatic rings. The molecule has 6 heteroatoms. The molecule has 0 spiro atoms. The maximum atomic E-state index is 14.4. The number of anilines is 1. The molecule has 3 aromatic rings. The maximum Gasteiger partial charge on any atom is 0.308 e. The van der Waals surface area contributed by atoms with Crippen LogP contribution in [-0.2, 0) is 32.0 Å². The molecular weight excluding hydrogens is 488 g/mol. The summed E-state index contributed by atoms with van der Waals surface area (Å²) in [6, 6.07) is 28.7. The van der Waals surface area contributed by atoms with E-state index in [-0.39, 0.29) is 23.7 Å². The lowest BCUT2D eigenvalue weighted by Crippen LogP contribution is -2.51. The van der Waals surface area contributed by atoms with Crippen LogP contribution in [0.1, 0.15) is 43.2 Å². The average Bonchev–Trinajstić information content (AvgIpc) is 3.19. The van der Waals surface area contributed by atoms with Gasteiger partial charge in [0.05, 0.1) is 13.0 Å². The quantitative estimate of drug-likeness (QED) is 0.342. The fraction of sp³-hybridized carbons (Fsp3) is 0.364. The Hall–Kier alpha value is -3.93. The topological polar surface area (TPSA) is 75.7 Å². The van der Waals surface area contributed by atoms with Crippen molar-refractivity contribution in [1.82, 2.24) is 5.32 Å². The van der Waals surface area contributed by atoms with Gasteiger partial charge in [-0.3, -0.25) is 19.3 Å². The van der Waals surface area contributed by atoms with Gasteiger partial charge in [-0.25, -0.2) is 0 Å². The minimum absolute atomic E-state index is 0.0876. The molecule has 0 unspecified atom stereocenters. The van der Waals surface area contributed by atoms with Gasteiger partial charge < -0.3 is 10.1 Å². The Morgan fingerprint density at radius 1 is 0.821 bits per heavy atom. The van der Waals surface area contributed by atoms with Crippen molar-refractivity contribution in [1.29, 1.82) is 0 Å². The van der Waals surface area contributed by atoms with E-state index in [2.05, 4.69) is 5.32 Å². The first-order valence-corrected chi connectivity index (χ1v) is 13.9. The van der Waals surface area contributed by atoms with Crippen molar-refractivity contribution in [2.24, 2.45) is 11.8 Å². The van der Waals surface area contributed by atoms with Gasteiger partial charge in [0.25, 0.3) is 0 Å². The van der Waals surface area contributed by atoms with E-state index in [1.165, 1.54) is 7.11 Å². The first-order chi connectivity index (χ1) is 19.1. The SMILES string of the molecule is COC(=O)[C@H](CC[C@H](Cc1ccccc1)C(=O)N(c1ccccc1)[C@@H]1CCCCNC1=O)Cc1ccccc1. The molecule has 0 saturated carbocycles. The summed E-state index contributed by atoms with van der Waals surface area (Å²) < 4.78 is 5.15. The lowest BCUT2D eigenvalue weighted by Gasteiger charge is -2.33. The number of para-hydroxylation sites is 1. The van der Waals surface area contributed by atoms with Gasteiger partial charge in [0.1, 0.15) is 6.04 Å². The van der Waals surface area contributed by atoms with Gasteiger partial charge in [-0.2, -0.15) is 0 Å². The Balaban J connectivity index is 1.63. The van der Waals surface area contributed by atoms with Crippen molar-refractivity contribution in [3.63, 3.8) is 0 Å². The van der Waals surface area contributed by atoms with Crippen LogP contribution in [0.2, 0.25) is 0 Å². The molecule has 1 heterocycles. The molecule has 6 nitrogen and oxygen atoms in total. The van der Waals surface area contributed by atoms with Gasteiger partial charge >= 0.3 is 5.97 Å². The monoisotopic (exact) mass is 526 g/mol. The molecule has 0 aromatic heterocycles. The number of benzene rings is 3. The molecule has 0 aliphatic carbocycles. The first-order valence-electron chi connectivity index (χ1n) is 13.9. The number of esters is 1. The third-order valence-electron chi connectivity index (χ3n) is 7.49. The van der Waals surface area contributed by atoms with Gasteiger partial charge in [0.15, 0.2) is 0 Å². The minimum atomic E-state index is -0.568. The highest BCUT2D eigenvalue weighted by atomic mass is 16.5. The fourth-order valence-corrected chi connectivity index (χ4v) is 5.40. The Labute approximate surface area is 231 Å². The largest absolute Gasteiger partial charge is 0.469 e. The van der Waals surface area contributed by atoms with E-state index < -0.39 is 12.0 Å². The zero-order valence-corrected chi connectivity index (χ0v) is 22.6.